The van der Waals surface area contributed by atoms with Gasteiger partial charge < -0.3 is 4.74 Å². The van der Waals surface area contributed by atoms with Crippen molar-refractivity contribution in [1.82, 2.24) is 0 Å². The maximum atomic E-state index is 5.49. The molecule has 0 spiro atoms. The van der Waals surface area contributed by atoms with Gasteiger partial charge in [-0.3, -0.25) is 0 Å². The van der Waals surface area contributed by atoms with E-state index in [1.54, 1.807) is 0 Å². The van der Waals surface area contributed by atoms with Gasteiger partial charge in [-0.15, -0.1) is 0 Å². The summed E-state index contributed by atoms with van der Waals surface area (Å²) in [7, 11) is 0. The first-order valence-corrected chi connectivity index (χ1v) is 7.47. The Labute approximate surface area is 100 Å². The number of hydrogen-bond donors (Lipinski definition) is 0. The summed E-state index contributed by atoms with van der Waals surface area (Å²) in [6.07, 6.45) is 5.67. The lowest BCUT2D eigenvalue weighted by Crippen LogP contribution is -2.03. The fourth-order valence-corrected chi connectivity index (χ4v) is 2.30. The summed E-state index contributed by atoms with van der Waals surface area (Å²) >= 11 is 2.10. The van der Waals surface area contributed by atoms with Crippen molar-refractivity contribution in [2.45, 2.75) is 59.5 Å². The van der Waals surface area contributed by atoms with Gasteiger partial charge in [0.2, 0.25) is 0 Å². The number of unbranched alkanes of at least 4 members (excludes halogenated alkanes) is 1. The molecule has 0 bridgehead atoms. The third kappa shape index (κ3) is 14.3. The van der Waals surface area contributed by atoms with Crippen LogP contribution in [0.2, 0.25) is 0 Å². The van der Waals surface area contributed by atoms with Crippen LogP contribution < -0.4 is 0 Å². The molecule has 1 nitrogen and oxygen atoms in total. The molecule has 2 heteroatoms. The van der Waals surface area contributed by atoms with Crippen LogP contribution in [-0.2, 0) is 4.74 Å². The van der Waals surface area contributed by atoms with Crippen molar-refractivity contribution in [2.75, 3.05) is 18.1 Å². The van der Waals surface area contributed by atoms with Crippen molar-refractivity contribution in [3.63, 3.8) is 0 Å². The average molecular weight is 232 g/mol. The SMILES string of the molecule is CC(C)CCCSCCCCOC(C)C. The fraction of sp³-hybridized carbons (Fsp3) is 1.00. The predicted octanol–water partition coefficient (Wildman–Crippen LogP) is 4.36. The third-order valence-corrected chi connectivity index (χ3v) is 3.36. The van der Waals surface area contributed by atoms with Crippen LogP contribution in [0.1, 0.15) is 53.4 Å². The molecule has 0 aliphatic carbocycles. The smallest absolute Gasteiger partial charge is 0.0518 e. The summed E-state index contributed by atoms with van der Waals surface area (Å²) in [6, 6.07) is 0. The van der Waals surface area contributed by atoms with E-state index in [0.29, 0.717) is 6.10 Å². The van der Waals surface area contributed by atoms with E-state index in [4.69, 9.17) is 4.74 Å². The third-order valence-electron chi connectivity index (χ3n) is 2.20. The molecule has 0 aliphatic rings. The van der Waals surface area contributed by atoms with Crippen LogP contribution >= 0.6 is 11.8 Å². The molecule has 0 radical (unpaired) electrons. The van der Waals surface area contributed by atoms with E-state index < -0.39 is 0 Å². The van der Waals surface area contributed by atoms with Gasteiger partial charge in [0, 0.05) is 6.61 Å². The van der Waals surface area contributed by atoms with E-state index in [9.17, 15) is 0 Å². The first-order valence-electron chi connectivity index (χ1n) is 6.32. The van der Waals surface area contributed by atoms with Crippen LogP contribution in [0.5, 0.6) is 0 Å². The number of thioether (sulfide) groups is 1. The van der Waals surface area contributed by atoms with Crippen molar-refractivity contribution in [2.24, 2.45) is 5.92 Å². The second-order valence-corrected chi connectivity index (χ2v) is 6.00. The molecule has 0 aromatic heterocycles. The monoisotopic (exact) mass is 232 g/mol. The lowest BCUT2D eigenvalue weighted by Gasteiger charge is -2.07. The molecule has 0 saturated heterocycles. The molecule has 0 N–H and O–H groups in total. The highest BCUT2D eigenvalue weighted by molar-refractivity contribution is 7.99. The Hall–Kier alpha value is 0.310. The number of hydrogen-bond acceptors (Lipinski definition) is 2. The largest absolute Gasteiger partial charge is 0.379 e. The van der Waals surface area contributed by atoms with Gasteiger partial charge in [-0.25, -0.2) is 0 Å². The lowest BCUT2D eigenvalue weighted by atomic mass is 10.1. The van der Waals surface area contributed by atoms with E-state index in [1.165, 1.54) is 37.2 Å². The van der Waals surface area contributed by atoms with Crippen LogP contribution in [0.15, 0.2) is 0 Å². The molecule has 0 atom stereocenters. The lowest BCUT2D eigenvalue weighted by molar-refractivity contribution is 0.0768. The van der Waals surface area contributed by atoms with Gasteiger partial charge in [0.15, 0.2) is 0 Å². The molecule has 0 fully saturated rings. The molecule has 0 rings (SSSR count). The van der Waals surface area contributed by atoms with E-state index in [0.717, 1.165) is 12.5 Å². The minimum atomic E-state index is 0.392. The van der Waals surface area contributed by atoms with Gasteiger partial charge in [0.1, 0.15) is 0 Å². The maximum Gasteiger partial charge on any atom is 0.0518 e. The summed E-state index contributed by atoms with van der Waals surface area (Å²) in [5.41, 5.74) is 0. The number of ether oxygens (including phenoxy) is 1. The van der Waals surface area contributed by atoms with E-state index >= 15 is 0 Å². The maximum absolute atomic E-state index is 5.49. The van der Waals surface area contributed by atoms with Crippen molar-refractivity contribution >= 4 is 11.8 Å². The van der Waals surface area contributed by atoms with Crippen LogP contribution in [0.4, 0.5) is 0 Å². The first-order chi connectivity index (χ1) is 7.13. The van der Waals surface area contributed by atoms with Gasteiger partial charge in [0.25, 0.3) is 0 Å². The molecule has 0 aromatic rings. The van der Waals surface area contributed by atoms with E-state index in [2.05, 4.69) is 39.5 Å². The average Bonchev–Trinajstić information content (AvgIpc) is 2.14. The van der Waals surface area contributed by atoms with Gasteiger partial charge >= 0.3 is 0 Å². The molecular weight excluding hydrogens is 204 g/mol. The zero-order valence-electron chi connectivity index (χ0n) is 10.9. The first kappa shape index (κ1) is 15.3. The molecule has 0 heterocycles. The Morgan fingerprint density at radius 3 is 2.20 bits per heavy atom. The van der Waals surface area contributed by atoms with Gasteiger partial charge in [-0.1, -0.05) is 20.3 Å². The molecule has 0 unspecified atom stereocenters. The molecule has 0 aromatic carbocycles. The normalized spacial score (nSPS) is 11.6. The standard InChI is InChI=1S/C13H28OS/c1-12(2)8-7-11-15-10-6-5-9-14-13(3)4/h12-13H,5-11H2,1-4H3. The summed E-state index contributed by atoms with van der Waals surface area (Å²) < 4.78 is 5.49. The molecule has 0 amide bonds. The Morgan fingerprint density at radius 2 is 1.60 bits per heavy atom. The van der Waals surface area contributed by atoms with Gasteiger partial charge in [0.05, 0.1) is 6.10 Å². The Balaban J connectivity index is 2.93. The van der Waals surface area contributed by atoms with E-state index in [-0.39, 0.29) is 0 Å². The zero-order valence-corrected chi connectivity index (χ0v) is 11.7. The van der Waals surface area contributed by atoms with Crippen molar-refractivity contribution in [3.05, 3.63) is 0 Å². The molecule has 0 aliphatic heterocycles. The second kappa shape index (κ2) is 10.8. The molecule has 92 valence electrons. The molecule has 0 saturated carbocycles. The Bertz CT molecular complexity index is 110. The van der Waals surface area contributed by atoms with Crippen LogP contribution in [0.3, 0.4) is 0 Å². The topological polar surface area (TPSA) is 9.23 Å². The summed E-state index contributed by atoms with van der Waals surface area (Å²) in [6.45, 7) is 9.73. The Kier molecular flexibility index (Phi) is 11.0. The predicted molar refractivity (Wildman–Crippen MR) is 71.7 cm³/mol. The van der Waals surface area contributed by atoms with Gasteiger partial charge in [-0.2, -0.15) is 11.8 Å². The van der Waals surface area contributed by atoms with Crippen LogP contribution in [-0.4, -0.2) is 24.2 Å². The highest BCUT2D eigenvalue weighted by Gasteiger charge is 1.96. The second-order valence-electron chi connectivity index (χ2n) is 4.78. The van der Waals surface area contributed by atoms with Gasteiger partial charge in [-0.05, 0) is 50.5 Å². The Morgan fingerprint density at radius 1 is 0.933 bits per heavy atom. The minimum absolute atomic E-state index is 0.392. The quantitative estimate of drug-likeness (QED) is 0.518. The van der Waals surface area contributed by atoms with Crippen molar-refractivity contribution in [1.29, 1.82) is 0 Å². The minimum Gasteiger partial charge on any atom is -0.379 e. The van der Waals surface area contributed by atoms with Crippen molar-refractivity contribution in [3.8, 4) is 0 Å². The summed E-state index contributed by atoms with van der Waals surface area (Å²) in [5, 5.41) is 0. The van der Waals surface area contributed by atoms with Crippen LogP contribution in [0, 0.1) is 5.92 Å². The van der Waals surface area contributed by atoms with Crippen molar-refractivity contribution < 1.29 is 4.74 Å². The molecule has 15 heavy (non-hydrogen) atoms. The molecular formula is C13H28OS. The highest BCUT2D eigenvalue weighted by Crippen LogP contribution is 2.11. The van der Waals surface area contributed by atoms with Crippen LogP contribution in [0.25, 0.3) is 0 Å². The van der Waals surface area contributed by atoms with E-state index in [1.807, 2.05) is 0 Å². The summed E-state index contributed by atoms with van der Waals surface area (Å²) in [4.78, 5) is 0. The zero-order chi connectivity index (χ0) is 11.5. The number of rotatable bonds is 10. The summed E-state index contributed by atoms with van der Waals surface area (Å²) in [5.74, 6) is 3.51. The fourth-order valence-electron chi connectivity index (χ4n) is 1.32. The highest BCUT2D eigenvalue weighted by atomic mass is 32.2.